The molecule has 1 aliphatic heterocycles. The molecule has 2 aromatic rings. The fourth-order valence-corrected chi connectivity index (χ4v) is 3.13. The Balaban J connectivity index is 1.45. The van der Waals surface area contributed by atoms with Crippen LogP contribution < -0.4 is 10.2 Å². The highest BCUT2D eigenvalue weighted by Gasteiger charge is 2.22. The first kappa shape index (κ1) is 14.6. The van der Waals surface area contributed by atoms with E-state index in [4.69, 9.17) is 0 Å². The van der Waals surface area contributed by atoms with E-state index in [2.05, 4.69) is 61.7 Å². The summed E-state index contributed by atoms with van der Waals surface area (Å²) in [7, 11) is 1.95. The number of nitrogens with zero attached hydrogens (tertiary/aromatic N) is 3. The van der Waals surface area contributed by atoms with Crippen LogP contribution in [0.3, 0.4) is 0 Å². The van der Waals surface area contributed by atoms with Crippen molar-refractivity contribution < 1.29 is 0 Å². The minimum absolute atomic E-state index is 0.727. The van der Waals surface area contributed by atoms with Crippen LogP contribution in [-0.4, -0.2) is 29.4 Å². The SMILES string of the molecule is Cn1cc(CNCC2CCN(c3ccc(Br)cc3)C2)cn1. The van der Waals surface area contributed by atoms with Crippen LogP contribution in [0.4, 0.5) is 5.69 Å². The number of rotatable bonds is 5. The first-order valence-corrected chi connectivity index (χ1v) is 8.19. The second kappa shape index (κ2) is 6.62. The maximum atomic E-state index is 4.19. The Morgan fingerprint density at radius 1 is 1.33 bits per heavy atom. The molecule has 1 N–H and O–H groups in total. The van der Waals surface area contributed by atoms with Crippen molar-refractivity contribution in [2.24, 2.45) is 13.0 Å². The molecule has 2 heterocycles. The van der Waals surface area contributed by atoms with Gasteiger partial charge in [0.25, 0.3) is 0 Å². The molecule has 0 spiro atoms. The number of aryl methyl sites for hydroxylation is 1. The number of benzene rings is 1. The van der Waals surface area contributed by atoms with Gasteiger partial charge in [-0.3, -0.25) is 4.68 Å². The molecule has 0 aliphatic carbocycles. The van der Waals surface area contributed by atoms with Gasteiger partial charge in [-0.25, -0.2) is 0 Å². The number of anilines is 1. The predicted octanol–water partition coefficient (Wildman–Crippen LogP) is 2.80. The van der Waals surface area contributed by atoms with Crippen molar-refractivity contribution in [2.75, 3.05) is 24.5 Å². The summed E-state index contributed by atoms with van der Waals surface area (Å²) in [4.78, 5) is 2.48. The zero-order valence-electron chi connectivity index (χ0n) is 12.3. The summed E-state index contributed by atoms with van der Waals surface area (Å²) >= 11 is 3.49. The Labute approximate surface area is 134 Å². The molecule has 0 bridgehead atoms. The van der Waals surface area contributed by atoms with Gasteiger partial charge in [-0.1, -0.05) is 15.9 Å². The van der Waals surface area contributed by atoms with E-state index in [0.717, 1.165) is 36.6 Å². The zero-order chi connectivity index (χ0) is 14.7. The van der Waals surface area contributed by atoms with E-state index >= 15 is 0 Å². The first-order valence-electron chi connectivity index (χ1n) is 7.39. The monoisotopic (exact) mass is 348 g/mol. The molecule has 3 rings (SSSR count). The van der Waals surface area contributed by atoms with Gasteiger partial charge in [0.15, 0.2) is 0 Å². The first-order chi connectivity index (χ1) is 10.2. The summed E-state index contributed by atoms with van der Waals surface area (Å²) in [5, 5.41) is 7.74. The Bertz CT molecular complexity index is 578. The van der Waals surface area contributed by atoms with Crippen molar-refractivity contribution in [3.8, 4) is 0 Å². The van der Waals surface area contributed by atoms with Crippen LogP contribution in [0.1, 0.15) is 12.0 Å². The smallest absolute Gasteiger partial charge is 0.0534 e. The predicted molar refractivity (Wildman–Crippen MR) is 89.4 cm³/mol. The molecule has 1 aliphatic rings. The third-order valence-corrected chi connectivity index (χ3v) is 4.53. The van der Waals surface area contributed by atoms with E-state index in [1.807, 2.05) is 17.9 Å². The molecule has 1 fully saturated rings. The largest absolute Gasteiger partial charge is 0.371 e. The highest BCUT2D eigenvalue weighted by atomic mass is 79.9. The zero-order valence-corrected chi connectivity index (χ0v) is 13.9. The quantitative estimate of drug-likeness (QED) is 0.901. The van der Waals surface area contributed by atoms with Crippen molar-refractivity contribution >= 4 is 21.6 Å². The summed E-state index contributed by atoms with van der Waals surface area (Å²) in [6.07, 6.45) is 5.25. The van der Waals surface area contributed by atoms with E-state index in [1.165, 1.54) is 17.7 Å². The second-order valence-corrected chi connectivity index (χ2v) is 6.65. The number of nitrogens with one attached hydrogen (secondary N) is 1. The summed E-state index contributed by atoms with van der Waals surface area (Å²) in [6, 6.07) is 8.61. The maximum absolute atomic E-state index is 4.19. The molecule has 0 saturated carbocycles. The third kappa shape index (κ3) is 3.86. The van der Waals surface area contributed by atoms with Gasteiger partial charge >= 0.3 is 0 Å². The van der Waals surface area contributed by atoms with Gasteiger partial charge < -0.3 is 10.2 Å². The van der Waals surface area contributed by atoms with E-state index in [1.54, 1.807) is 0 Å². The van der Waals surface area contributed by atoms with E-state index in [9.17, 15) is 0 Å². The van der Waals surface area contributed by atoms with Gasteiger partial charge in [0.2, 0.25) is 0 Å². The fraction of sp³-hybridized carbons (Fsp3) is 0.438. The van der Waals surface area contributed by atoms with Crippen LogP contribution in [0.2, 0.25) is 0 Å². The van der Waals surface area contributed by atoms with E-state index < -0.39 is 0 Å². The molecule has 4 nitrogen and oxygen atoms in total. The van der Waals surface area contributed by atoms with E-state index in [0.29, 0.717) is 0 Å². The van der Waals surface area contributed by atoms with Gasteiger partial charge in [0, 0.05) is 55.1 Å². The Hall–Kier alpha value is -1.33. The summed E-state index contributed by atoms with van der Waals surface area (Å²) in [5.74, 6) is 0.727. The molecule has 1 aromatic carbocycles. The molecule has 1 atom stereocenters. The summed E-state index contributed by atoms with van der Waals surface area (Å²) < 4.78 is 2.99. The van der Waals surface area contributed by atoms with Crippen molar-refractivity contribution in [3.63, 3.8) is 0 Å². The molecule has 21 heavy (non-hydrogen) atoms. The normalized spacial score (nSPS) is 18.4. The van der Waals surface area contributed by atoms with Gasteiger partial charge in [-0.2, -0.15) is 5.10 Å². The van der Waals surface area contributed by atoms with Crippen molar-refractivity contribution in [1.82, 2.24) is 15.1 Å². The average Bonchev–Trinajstić information content (AvgIpc) is 3.09. The minimum atomic E-state index is 0.727. The number of aromatic nitrogens is 2. The van der Waals surface area contributed by atoms with Crippen LogP contribution in [0.25, 0.3) is 0 Å². The Morgan fingerprint density at radius 2 is 2.14 bits per heavy atom. The third-order valence-electron chi connectivity index (χ3n) is 4.00. The van der Waals surface area contributed by atoms with Gasteiger partial charge in [0.1, 0.15) is 0 Å². The summed E-state index contributed by atoms with van der Waals surface area (Å²) in [5.41, 5.74) is 2.58. The molecule has 112 valence electrons. The standard InChI is InChI=1S/C16H21BrN4/c1-20-11-14(10-19-20)9-18-8-13-6-7-21(12-13)16-4-2-15(17)3-5-16/h2-5,10-11,13,18H,6-9,12H2,1H3. The maximum Gasteiger partial charge on any atom is 0.0534 e. The van der Waals surface area contributed by atoms with Crippen LogP contribution in [0.5, 0.6) is 0 Å². The van der Waals surface area contributed by atoms with Crippen molar-refractivity contribution in [1.29, 1.82) is 0 Å². The number of hydrogen-bond acceptors (Lipinski definition) is 3. The van der Waals surface area contributed by atoms with Gasteiger partial charge in [0.05, 0.1) is 6.20 Å². The number of halogens is 1. The van der Waals surface area contributed by atoms with E-state index in [-0.39, 0.29) is 0 Å². The lowest BCUT2D eigenvalue weighted by atomic mass is 10.1. The Morgan fingerprint density at radius 3 is 2.86 bits per heavy atom. The van der Waals surface area contributed by atoms with Crippen molar-refractivity contribution in [3.05, 3.63) is 46.7 Å². The molecule has 5 heteroatoms. The number of hydrogen-bond donors (Lipinski definition) is 1. The lowest BCUT2D eigenvalue weighted by molar-refractivity contribution is 0.516. The molecule has 1 unspecified atom stereocenters. The van der Waals surface area contributed by atoms with Crippen LogP contribution in [0, 0.1) is 5.92 Å². The van der Waals surface area contributed by atoms with Gasteiger partial charge in [-0.05, 0) is 36.6 Å². The lowest BCUT2D eigenvalue weighted by Crippen LogP contribution is -2.26. The van der Waals surface area contributed by atoms with Crippen LogP contribution in [0.15, 0.2) is 41.1 Å². The molecule has 1 saturated heterocycles. The van der Waals surface area contributed by atoms with Crippen LogP contribution in [-0.2, 0) is 13.6 Å². The molecular formula is C16H21BrN4. The highest BCUT2D eigenvalue weighted by molar-refractivity contribution is 9.10. The van der Waals surface area contributed by atoms with Gasteiger partial charge in [-0.15, -0.1) is 0 Å². The topological polar surface area (TPSA) is 33.1 Å². The van der Waals surface area contributed by atoms with Crippen LogP contribution >= 0.6 is 15.9 Å². The molecular weight excluding hydrogens is 328 g/mol. The molecule has 1 aromatic heterocycles. The minimum Gasteiger partial charge on any atom is -0.371 e. The Kier molecular flexibility index (Phi) is 4.60. The lowest BCUT2D eigenvalue weighted by Gasteiger charge is -2.19. The fourth-order valence-electron chi connectivity index (χ4n) is 2.87. The molecule has 0 radical (unpaired) electrons. The summed E-state index contributed by atoms with van der Waals surface area (Å²) in [6.45, 7) is 4.27. The molecule has 0 amide bonds. The second-order valence-electron chi connectivity index (χ2n) is 5.73. The van der Waals surface area contributed by atoms with Crippen molar-refractivity contribution in [2.45, 2.75) is 13.0 Å². The average molecular weight is 349 g/mol. The highest BCUT2D eigenvalue weighted by Crippen LogP contribution is 2.24.